The molecule has 21 heavy (non-hydrogen) atoms. The molecule has 0 aromatic heterocycles. The van der Waals surface area contributed by atoms with Crippen LogP contribution in [0.15, 0.2) is 22.7 Å². The van der Waals surface area contributed by atoms with Crippen LogP contribution in [0.1, 0.15) is 13.8 Å². The fourth-order valence-electron chi connectivity index (χ4n) is 1.65. The van der Waals surface area contributed by atoms with Gasteiger partial charge in [-0.1, -0.05) is 34.5 Å². The molecule has 0 spiro atoms. The van der Waals surface area contributed by atoms with Gasteiger partial charge in [0, 0.05) is 4.47 Å². The molecular formula is C14H18BrClN2O3. The van der Waals surface area contributed by atoms with Crippen molar-refractivity contribution in [3.63, 3.8) is 0 Å². The van der Waals surface area contributed by atoms with E-state index in [2.05, 4.69) is 21.2 Å². The predicted octanol–water partition coefficient (Wildman–Crippen LogP) is 2.93. The lowest BCUT2D eigenvalue weighted by molar-refractivity contribution is -0.144. The number of ether oxygens (including phenoxy) is 1. The van der Waals surface area contributed by atoms with Gasteiger partial charge in [0.15, 0.2) is 0 Å². The van der Waals surface area contributed by atoms with E-state index in [1.54, 1.807) is 30.0 Å². The summed E-state index contributed by atoms with van der Waals surface area (Å²) in [5.41, 5.74) is 0.539. The zero-order valence-electron chi connectivity index (χ0n) is 12.0. The Morgan fingerprint density at radius 2 is 2.05 bits per heavy atom. The Balaban J connectivity index is 2.56. The summed E-state index contributed by atoms with van der Waals surface area (Å²) in [6, 6.07) is 5.21. The standard InChI is InChI=1S/C14H18BrClN2O3/c1-3-18(9-14(20)21-4-2)8-13(19)17-12-6-5-10(15)7-11(12)16/h5-7H,3-4,8-9H2,1-2H3,(H,17,19). The van der Waals surface area contributed by atoms with Crippen molar-refractivity contribution in [3.8, 4) is 0 Å². The summed E-state index contributed by atoms with van der Waals surface area (Å²) < 4.78 is 5.70. The maximum atomic E-state index is 12.0. The quantitative estimate of drug-likeness (QED) is 0.742. The number of carbonyl (C=O) groups excluding carboxylic acids is 2. The number of carbonyl (C=O) groups is 2. The Bertz CT molecular complexity index is 511. The van der Waals surface area contributed by atoms with Gasteiger partial charge in [-0.25, -0.2) is 0 Å². The number of rotatable bonds is 7. The van der Waals surface area contributed by atoms with Crippen molar-refractivity contribution in [2.24, 2.45) is 0 Å². The van der Waals surface area contributed by atoms with Crippen LogP contribution in [0, 0.1) is 0 Å². The van der Waals surface area contributed by atoms with Gasteiger partial charge in [-0.15, -0.1) is 0 Å². The molecule has 0 aliphatic rings. The molecule has 0 aliphatic heterocycles. The average Bonchev–Trinajstić information content (AvgIpc) is 2.41. The summed E-state index contributed by atoms with van der Waals surface area (Å²) in [4.78, 5) is 25.1. The molecule has 0 radical (unpaired) electrons. The van der Waals surface area contributed by atoms with Crippen LogP contribution in [-0.2, 0) is 14.3 Å². The van der Waals surface area contributed by atoms with Gasteiger partial charge in [-0.3, -0.25) is 14.5 Å². The highest BCUT2D eigenvalue weighted by Gasteiger charge is 2.14. The van der Waals surface area contributed by atoms with E-state index in [1.165, 1.54) is 0 Å². The first-order valence-electron chi connectivity index (χ1n) is 6.59. The third-order valence-corrected chi connectivity index (χ3v) is 3.48. The molecule has 0 atom stereocenters. The average molecular weight is 378 g/mol. The number of nitrogens with zero attached hydrogens (tertiary/aromatic N) is 1. The van der Waals surface area contributed by atoms with Crippen molar-refractivity contribution in [3.05, 3.63) is 27.7 Å². The molecule has 0 heterocycles. The van der Waals surface area contributed by atoms with Gasteiger partial charge < -0.3 is 10.1 Å². The van der Waals surface area contributed by atoms with E-state index in [1.807, 2.05) is 6.92 Å². The Labute approximate surface area is 137 Å². The topological polar surface area (TPSA) is 58.6 Å². The molecule has 7 heteroatoms. The first-order chi connectivity index (χ1) is 9.96. The molecule has 1 aromatic rings. The van der Waals surface area contributed by atoms with E-state index in [4.69, 9.17) is 16.3 Å². The van der Waals surface area contributed by atoms with Crippen LogP contribution in [0.2, 0.25) is 5.02 Å². The number of anilines is 1. The number of hydrogen-bond acceptors (Lipinski definition) is 4. The molecule has 1 rings (SSSR count). The molecule has 1 amide bonds. The first-order valence-corrected chi connectivity index (χ1v) is 7.76. The minimum absolute atomic E-state index is 0.0891. The van der Waals surface area contributed by atoms with Crippen molar-refractivity contribution in [2.75, 3.05) is 31.6 Å². The summed E-state index contributed by atoms with van der Waals surface area (Å²) in [6.45, 7) is 4.71. The van der Waals surface area contributed by atoms with Crippen LogP contribution in [0.3, 0.4) is 0 Å². The van der Waals surface area contributed by atoms with Gasteiger partial charge in [-0.05, 0) is 31.7 Å². The van der Waals surface area contributed by atoms with E-state index in [9.17, 15) is 9.59 Å². The summed E-state index contributed by atoms with van der Waals surface area (Å²) in [5, 5.41) is 3.17. The normalized spacial score (nSPS) is 10.5. The molecule has 0 unspecified atom stereocenters. The number of halogens is 2. The molecule has 0 saturated carbocycles. The monoisotopic (exact) mass is 376 g/mol. The van der Waals surface area contributed by atoms with Crippen molar-refractivity contribution in [1.82, 2.24) is 4.90 Å². The summed E-state index contributed by atoms with van der Waals surface area (Å²) in [5.74, 6) is -0.570. The number of amides is 1. The second-order valence-corrected chi connectivity index (χ2v) is 5.60. The maximum Gasteiger partial charge on any atom is 0.320 e. The predicted molar refractivity (Wildman–Crippen MR) is 86.5 cm³/mol. The van der Waals surface area contributed by atoms with Crippen molar-refractivity contribution in [1.29, 1.82) is 0 Å². The Hall–Kier alpha value is -1.11. The second kappa shape index (κ2) is 9.02. The largest absolute Gasteiger partial charge is 0.465 e. The van der Waals surface area contributed by atoms with Crippen molar-refractivity contribution >= 4 is 45.1 Å². The van der Waals surface area contributed by atoms with Gasteiger partial charge in [0.2, 0.25) is 5.91 Å². The SMILES string of the molecule is CCOC(=O)CN(CC)CC(=O)Nc1ccc(Br)cc1Cl. The second-order valence-electron chi connectivity index (χ2n) is 4.28. The third kappa shape index (κ3) is 6.46. The molecule has 0 aliphatic carbocycles. The zero-order valence-corrected chi connectivity index (χ0v) is 14.3. The van der Waals surface area contributed by atoms with E-state index < -0.39 is 0 Å². The van der Waals surface area contributed by atoms with E-state index in [0.717, 1.165) is 4.47 Å². The zero-order chi connectivity index (χ0) is 15.8. The smallest absolute Gasteiger partial charge is 0.320 e. The maximum absolute atomic E-state index is 12.0. The Morgan fingerprint density at radius 1 is 1.33 bits per heavy atom. The minimum Gasteiger partial charge on any atom is -0.465 e. The Kier molecular flexibility index (Phi) is 7.71. The van der Waals surface area contributed by atoms with Gasteiger partial charge >= 0.3 is 5.97 Å². The van der Waals surface area contributed by atoms with E-state index in [0.29, 0.717) is 23.9 Å². The lowest BCUT2D eigenvalue weighted by Crippen LogP contribution is -2.37. The summed E-state index contributed by atoms with van der Waals surface area (Å²) in [6.07, 6.45) is 0. The highest BCUT2D eigenvalue weighted by atomic mass is 79.9. The molecule has 1 N–H and O–H groups in total. The molecule has 0 saturated heterocycles. The van der Waals surface area contributed by atoms with Crippen molar-refractivity contribution in [2.45, 2.75) is 13.8 Å². The van der Waals surface area contributed by atoms with Crippen LogP contribution in [0.4, 0.5) is 5.69 Å². The van der Waals surface area contributed by atoms with E-state index >= 15 is 0 Å². The minimum atomic E-state index is -0.339. The molecule has 1 aromatic carbocycles. The van der Waals surface area contributed by atoms with Crippen LogP contribution in [-0.4, -0.2) is 43.0 Å². The Morgan fingerprint density at radius 3 is 2.62 bits per heavy atom. The summed E-state index contributed by atoms with van der Waals surface area (Å²) in [7, 11) is 0. The number of nitrogens with one attached hydrogen (secondary N) is 1. The molecule has 5 nitrogen and oxygen atoms in total. The van der Waals surface area contributed by atoms with E-state index in [-0.39, 0.29) is 25.0 Å². The van der Waals surface area contributed by atoms with Gasteiger partial charge in [0.1, 0.15) is 0 Å². The summed E-state index contributed by atoms with van der Waals surface area (Å²) >= 11 is 9.34. The lowest BCUT2D eigenvalue weighted by Gasteiger charge is -2.18. The fraction of sp³-hybridized carbons (Fsp3) is 0.429. The van der Waals surface area contributed by atoms with Crippen LogP contribution < -0.4 is 5.32 Å². The van der Waals surface area contributed by atoms with Crippen molar-refractivity contribution < 1.29 is 14.3 Å². The highest BCUT2D eigenvalue weighted by Crippen LogP contribution is 2.25. The number of benzene rings is 1. The highest BCUT2D eigenvalue weighted by molar-refractivity contribution is 9.10. The van der Waals surface area contributed by atoms with Crippen LogP contribution >= 0.6 is 27.5 Å². The molecule has 0 fully saturated rings. The number of likely N-dealkylation sites (N-methyl/N-ethyl adjacent to an activating group) is 1. The number of hydrogen-bond donors (Lipinski definition) is 1. The lowest BCUT2D eigenvalue weighted by atomic mass is 10.3. The molecule has 0 bridgehead atoms. The van der Waals surface area contributed by atoms with Gasteiger partial charge in [0.05, 0.1) is 30.4 Å². The molecule has 116 valence electrons. The fourth-order valence-corrected chi connectivity index (χ4v) is 2.37. The molecular weight excluding hydrogens is 360 g/mol. The third-order valence-electron chi connectivity index (χ3n) is 2.68. The van der Waals surface area contributed by atoms with Gasteiger partial charge in [0.25, 0.3) is 0 Å². The first kappa shape index (κ1) is 17.9. The van der Waals surface area contributed by atoms with Crippen LogP contribution in [0.25, 0.3) is 0 Å². The number of esters is 1. The van der Waals surface area contributed by atoms with Crippen LogP contribution in [0.5, 0.6) is 0 Å². The van der Waals surface area contributed by atoms with Gasteiger partial charge in [-0.2, -0.15) is 0 Å².